The number of hydrogen-bond donors (Lipinski definition) is 3. The molecular formula is C27H34N8O2. The Morgan fingerprint density at radius 1 is 1.00 bits per heavy atom. The van der Waals surface area contributed by atoms with Gasteiger partial charge in [0, 0.05) is 58.0 Å². The summed E-state index contributed by atoms with van der Waals surface area (Å²) in [6.45, 7) is 0.453. The lowest BCUT2D eigenvalue weighted by Crippen LogP contribution is -2.28. The van der Waals surface area contributed by atoms with Crippen molar-refractivity contribution in [1.82, 2.24) is 40.2 Å². The highest BCUT2D eigenvalue weighted by atomic mass is 16.2. The Kier molecular flexibility index (Phi) is 8.50. The van der Waals surface area contributed by atoms with Crippen LogP contribution in [0.4, 0.5) is 0 Å². The summed E-state index contributed by atoms with van der Waals surface area (Å²) in [5.41, 5.74) is 4.46. The molecule has 10 heteroatoms. The quantitative estimate of drug-likeness (QED) is 0.256. The average Bonchev–Trinajstić information content (AvgIpc) is 3.67. The maximum absolute atomic E-state index is 12.6. The molecule has 0 saturated carbocycles. The van der Waals surface area contributed by atoms with Gasteiger partial charge in [-0.15, -0.1) is 0 Å². The number of aromatic amines is 1. The molecule has 4 aromatic rings. The summed E-state index contributed by atoms with van der Waals surface area (Å²) in [6.07, 6.45) is 11.1. The number of amides is 2. The van der Waals surface area contributed by atoms with Crippen LogP contribution in [0.25, 0.3) is 22.5 Å². The highest BCUT2D eigenvalue weighted by Crippen LogP contribution is 2.26. The third kappa shape index (κ3) is 6.93. The summed E-state index contributed by atoms with van der Waals surface area (Å²) in [5.74, 6) is 0.753. The molecule has 0 saturated heterocycles. The van der Waals surface area contributed by atoms with E-state index in [9.17, 15) is 9.59 Å². The second-order valence-corrected chi connectivity index (χ2v) is 9.22. The third-order valence-electron chi connectivity index (χ3n) is 6.40. The highest BCUT2D eigenvalue weighted by Gasteiger charge is 2.18. The zero-order valence-electron chi connectivity index (χ0n) is 21.6. The summed E-state index contributed by atoms with van der Waals surface area (Å²) in [4.78, 5) is 32.2. The highest BCUT2D eigenvalue weighted by molar-refractivity contribution is 5.93. The number of H-pyrrole nitrogens is 1. The van der Waals surface area contributed by atoms with Gasteiger partial charge in [-0.3, -0.25) is 19.0 Å². The van der Waals surface area contributed by atoms with Gasteiger partial charge in [0.15, 0.2) is 0 Å². The molecule has 0 bridgehead atoms. The van der Waals surface area contributed by atoms with Crippen molar-refractivity contribution in [3.63, 3.8) is 0 Å². The van der Waals surface area contributed by atoms with Crippen LogP contribution < -0.4 is 10.6 Å². The molecule has 1 unspecified atom stereocenters. The Bertz CT molecular complexity index is 1320. The molecule has 194 valence electrons. The monoisotopic (exact) mass is 502 g/mol. The van der Waals surface area contributed by atoms with Gasteiger partial charge in [-0.25, -0.2) is 4.98 Å². The van der Waals surface area contributed by atoms with Gasteiger partial charge in [-0.2, -0.15) is 10.2 Å². The van der Waals surface area contributed by atoms with Crippen LogP contribution in [-0.2, 0) is 18.9 Å². The Morgan fingerprint density at radius 3 is 2.46 bits per heavy atom. The van der Waals surface area contributed by atoms with Crippen molar-refractivity contribution in [3.05, 3.63) is 66.5 Å². The van der Waals surface area contributed by atoms with Crippen LogP contribution >= 0.6 is 0 Å². The Balaban J connectivity index is 1.43. The van der Waals surface area contributed by atoms with Gasteiger partial charge < -0.3 is 15.6 Å². The van der Waals surface area contributed by atoms with Crippen LogP contribution in [0, 0.1) is 0 Å². The first-order valence-corrected chi connectivity index (χ1v) is 12.6. The van der Waals surface area contributed by atoms with E-state index in [0.29, 0.717) is 18.5 Å². The molecular weight excluding hydrogens is 468 g/mol. The number of nitrogens with zero attached hydrogens (tertiary/aromatic N) is 5. The summed E-state index contributed by atoms with van der Waals surface area (Å²) >= 11 is 0. The van der Waals surface area contributed by atoms with Crippen molar-refractivity contribution in [2.75, 3.05) is 13.6 Å². The normalized spacial score (nSPS) is 11.9. The standard InChI is InChI=1S/C27H34N8O2/c1-28-25(36)8-6-4-5-7-21(15-30-27(37)22-16-31-35(3)18-22)26-29-17-24(32-26)20-11-9-19(10-12-20)23-13-14-34(2)33-23/h9-14,16-18,21H,4-8,15H2,1-3H3,(H,28,36)(H,29,32)(H,30,37). The molecule has 10 nitrogen and oxygen atoms in total. The number of aromatic nitrogens is 6. The van der Waals surface area contributed by atoms with Crippen LogP contribution in [-0.4, -0.2) is 54.9 Å². The first-order valence-electron chi connectivity index (χ1n) is 12.6. The third-order valence-corrected chi connectivity index (χ3v) is 6.40. The van der Waals surface area contributed by atoms with Crippen LogP contribution in [0.15, 0.2) is 55.1 Å². The molecule has 1 atom stereocenters. The van der Waals surface area contributed by atoms with E-state index in [1.54, 1.807) is 35.9 Å². The Labute approximate surface area is 216 Å². The van der Waals surface area contributed by atoms with Gasteiger partial charge in [0.25, 0.3) is 5.91 Å². The van der Waals surface area contributed by atoms with Crippen molar-refractivity contribution >= 4 is 11.8 Å². The smallest absolute Gasteiger partial charge is 0.254 e. The number of rotatable bonds is 12. The van der Waals surface area contributed by atoms with E-state index < -0.39 is 0 Å². The lowest BCUT2D eigenvalue weighted by atomic mass is 9.99. The number of imidazole rings is 1. The number of carbonyl (C=O) groups excluding carboxylic acids is 2. The average molecular weight is 503 g/mol. The first kappa shape index (κ1) is 25.9. The minimum Gasteiger partial charge on any atom is -0.359 e. The van der Waals surface area contributed by atoms with E-state index in [0.717, 1.165) is 54.0 Å². The van der Waals surface area contributed by atoms with Gasteiger partial charge in [0.2, 0.25) is 5.91 Å². The number of unbranched alkanes of at least 4 members (excludes halogenated alkanes) is 2. The predicted octanol–water partition coefficient (Wildman–Crippen LogP) is 3.42. The van der Waals surface area contributed by atoms with Crippen LogP contribution in [0.1, 0.15) is 54.2 Å². The molecule has 2 amide bonds. The van der Waals surface area contributed by atoms with Crippen molar-refractivity contribution in [2.45, 2.75) is 38.0 Å². The van der Waals surface area contributed by atoms with E-state index in [2.05, 4.69) is 55.1 Å². The van der Waals surface area contributed by atoms with Crippen LogP contribution in [0.5, 0.6) is 0 Å². The fourth-order valence-electron chi connectivity index (χ4n) is 4.25. The zero-order chi connectivity index (χ0) is 26.2. The minimum atomic E-state index is -0.158. The summed E-state index contributed by atoms with van der Waals surface area (Å²) in [7, 11) is 5.34. The van der Waals surface area contributed by atoms with Crippen molar-refractivity contribution in [1.29, 1.82) is 0 Å². The van der Waals surface area contributed by atoms with Crippen molar-refractivity contribution in [2.24, 2.45) is 14.1 Å². The van der Waals surface area contributed by atoms with Crippen LogP contribution in [0.3, 0.4) is 0 Å². The van der Waals surface area contributed by atoms with E-state index in [-0.39, 0.29) is 17.7 Å². The number of nitrogens with one attached hydrogen (secondary N) is 3. The molecule has 4 rings (SSSR count). The van der Waals surface area contributed by atoms with Crippen molar-refractivity contribution in [3.8, 4) is 22.5 Å². The number of hydrogen-bond acceptors (Lipinski definition) is 5. The largest absolute Gasteiger partial charge is 0.359 e. The molecule has 1 aromatic carbocycles. The molecule has 0 aliphatic rings. The van der Waals surface area contributed by atoms with Gasteiger partial charge in [-0.1, -0.05) is 37.1 Å². The van der Waals surface area contributed by atoms with Crippen LogP contribution in [0.2, 0.25) is 0 Å². The molecule has 3 aromatic heterocycles. The van der Waals surface area contributed by atoms with E-state index >= 15 is 0 Å². The fourth-order valence-corrected chi connectivity index (χ4v) is 4.25. The van der Waals surface area contributed by atoms with Gasteiger partial charge in [-0.05, 0) is 24.5 Å². The maximum Gasteiger partial charge on any atom is 0.254 e. The number of benzene rings is 1. The molecule has 3 N–H and O–H groups in total. The summed E-state index contributed by atoms with van der Waals surface area (Å²) in [6, 6.07) is 10.2. The zero-order valence-corrected chi connectivity index (χ0v) is 21.6. The van der Waals surface area contributed by atoms with Gasteiger partial charge >= 0.3 is 0 Å². The first-order chi connectivity index (χ1) is 17.9. The predicted molar refractivity (Wildman–Crippen MR) is 142 cm³/mol. The lowest BCUT2D eigenvalue weighted by molar-refractivity contribution is -0.120. The minimum absolute atomic E-state index is 0.0159. The molecule has 37 heavy (non-hydrogen) atoms. The number of carbonyl (C=O) groups is 2. The SMILES string of the molecule is CNC(=O)CCCCCC(CNC(=O)c1cnn(C)c1)c1ncc(-c2ccc(-c3ccn(C)n3)cc2)[nH]1. The molecule has 0 radical (unpaired) electrons. The van der Waals surface area contributed by atoms with E-state index in [4.69, 9.17) is 0 Å². The second kappa shape index (κ2) is 12.2. The molecule has 0 aliphatic carbocycles. The topological polar surface area (TPSA) is 123 Å². The number of aryl methyl sites for hydroxylation is 2. The Hall–Kier alpha value is -4.21. The molecule has 0 fully saturated rings. The van der Waals surface area contributed by atoms with Gasteiger partial charge in [0.1, 0.15) is 5.82 Å². The molecule has 0 spiro atoms. The van der Waals surface area contributed by atoms with Crippen molar-refractivity contribution < 1.29 is 9.59 Å². The van der Waals surface area contributed by atoms with E-state index in [1.807, 2.05) is 25.5 Å². The fraction of sp³-hybridized carbons (Fsp3) is 0.370. The molecule has 3 heterocycles. The van der Waals surface area contributed by atoms with Gasteiger partial charge in [0.05, 0.1) is 29.3 Å². The molecule has 0 aliphatic heterocycles. The lowest BCUT2D eigenvalue weighted by Gasteiger charge is -2.15. The van der Waals surface area contributed by atoms with E-state index in [1.165, 1.54) is 0 Å². The summed E-state index contributed by atoms with van der Waals surface area (Å²) < 4.78 is 3.40. The Morgan fingerprint density at radius 2 is 1.78 bits per heavy atom. The second-order valence-electron chi connectivity index (χ2n) is 9.22. The maximum atomic E-state index is 12.6. The summed E-state index contributed by atoms with van der Waals surface area (Å²) in [5, 5.41) is 14.2.